The zero-order chi connectivity index (χ0) is 22.5. The number of nitrogens with zero attached hydrogens (tertiary/aromatic N) is 2. The van der Waals surface area contributed by atoms with Crippen LogP contribution in [0.15, 0.2) is 52.1 Å². The molecule has 8 heteroatoms. The summed E-state index contributed by atoms with van der Waals surface area (Å²) in [7, 11) is 3.05. The molecule has 0 radical (unpaired) electrons. The topological polar surface area (TPSA) is 91.6 Å². The van der Waals surface area contributed by atoms with E-state index in [1.165, 1.54) is 23.4 Å². The van der Waals surface area contributed by atoms with Crippen LogP contribution in [0.3, 0.4) is 0 Å². The van der Waals surface area contributed by atoms with Crippen molar-refractivity contribution in [2.75, 3.05) is 19.5 Å². The van der Waals surface area contributed by atoms with Crippen molar-refractivity contribution in [3.8, 4) is 11.5 Å². The summed E-state index contributed by atoms with van der Waals surface area (Å²) in [6.07, 6.45) is 0.996. The molecule has 8 nitrogen and oxygen atoms in total. The van der Waals surface area contributed by atoms with Crippen LogP contribution in [0.5, 0.6) is 11.5 Å². The third-order valence-corrected chi connectivity index (χ3v) is 5.18. The highest BCUT2D eigenvalue weighted by atomic mass is 16.5. The first kappa shape index (κ1) is 22.1. The molecule has 3 rings (SSSR count). The molecule has 1 N–H and O–H groups in total. The second kappa shape index (κ2) is 9.51. The van der Waals surface area contributed by atoms with Gasteiger partial charge in [0.15, 0.2) is 11.5 Å². The van der Waals surface area contributed by atoms with Gasteiger partial charge in [0.25, 0.3) is 5.56 Å². The average molecular weight is 425 g/mol. The van der Waals surface area contributed by atoms with Crippen molar-refractivity contribution >= 4 is 22.5 Å². The zero-order valence-corrected chi connectivity index (χ0v) is 18.2. The maximum atomic E-state index is 13.2. The summed E-state index contributed by atoms with van der Waals surface area (Å²) in [5.74, 6) is 0.664. The van der Waals surface area contributed by atoms with E-state index in [9.17, 15) is 14.4 Å². The van der Waals surface area contributed by atoms with Crippen molar-refractivity contribution in [2.24, 2.45) is 0 Å². The number of carbonyl (C=O) groups is 1. The van der Waals surface area contributed by atoms with E-state index in [1.807, 2.05) is 13.8 Å². The maximum Gasteiger partial charge on any atom is 0.332 e. The fraction of sp³-hybridized carbons (Fsp3) is 0.348. The number of hydrogen-bond acceptors (Lipinski definition) is 5. The van der Waals surface area contributed by atoms with Gasteiger partial charge in [-0.25, -0.2) is 4.79 Å². The second-order valence-electron chi connectivity index (χ2n) is 7.11. The Labute approximate surface area is 180 Å². The van der Waals surface area contributed by atoms with Crippen molar-refractivity contribution in [1.29, 1.82) is 0 Å². The number of rotatable bonds is 8. The van der Waals surface area contributed by atoms with Gasteiger partial charge < -0.3 is 14.8 Å². The zero-order valence-electron chi connectivity index (χ0n) is 18.2. The molecule has 2 aromatic carbocycles. The van der Waals surface area contributed by atoms with Crippen LogP contribution in [0.25, 0.3) is 10.9 Å². The Balaban J connectivity index is 2.09. The third kappa shape index (κ3) is 4.19. The fourth-order valence-electron chi connectivity index (χ4n) is 3.68. The smallest absolute Gasteiger partial charge is 0.332 e. The van der Waals surface area contributed by atoms with Crippen molar-refractivity contribution in [3.05, 3.63) is 63.3 Å². The summed E-state index contributed by atoms with van der Waals surface area (Å²) in [6, 6.07) is 11.1. The van der Waals surface area contributed by atoms with Crippen molar-refractivity contribution in [3.63, 3.8) is 0 Å². The van der Waals surface area contributed by atoms with Crippen LogP contribution >= 0.6 is 0 Å². The number of ether oxygens (including phenoxy) is 2. The lowest BCUT2D eigenvalue weighted by Gasteiger charge is -2.21. The molecule has 0 aliphatic carbocycles. The van der Waals surface area contributed by atoms with Gasteiger partial charge in [0, 0.05) is 18.3 Å². The second-order valence-corrected chi connectivity index (χ2v) is 7.11. The number of methoxy groups -OCH3 is 2. The van der Waals surface area contributed by atoms with Gasteiger partial charge in [0.1, 0.15) is 6.04 Å². The number of anilines is 1. The Bertz CT molecular complexity index is 1210. The molecule has 0 saturated carbocycles. The standard InChI is InChI=1S/C23H27N3O5/c1-5-13-25-22(28)16-9-7-8-10-18(16)26(23(25)29)17(6-2)21(27)24-15-11-12-19(30-3)20(14-15)31-4/h7-12,14,17H,5-6,13H2,1-4H3,(H,24,27)/t17-/m0/s1. The largest absolute Gasteiger partial charge is 0.493 e. The highest BCUT2D eigenvalue weighted by Gasteiger charge is 2.24. The van der Waals surface area contributed by atoms with Crippen LogP contribution in [0.2, 0.25) is 0 Å². The molecule has 0 unspecified atom stereocenters. The van der Waals surface area contributed by atoms with Crippen LogP contribution in [0.1, 0.15) is 32.7 Å². The Kier molecular flexibility index (Phi) is 6.79. The molecule has 0 aliphatic rings. The fourth-order valence-corrected chi connectivity index (χ4v) is 3.68. The molecule has 31 heavy (non-hydrogen) atoms. The molecule has 0 saturated heterocycles. The van der Waals surface area contributed by atoms with Gasteiger partial charge in [-0.15, -0.1) is 0 Å². The number of carbonyl (C=O) groups excluding carboxylic acids is 1. The number of nitrogens with one attached hydrogen (secondary N) is 1. The lowest BCUT2D eigenvalue weighted by atomic mass is 10.1. The highest BCUT2D eigenvalue weighted by Crippen LogP contribution is 2.30. The van der Waals surface area contributed by atoms with E-state index in [-0.39, 0.29) is 18.0 Å². The minimum atomic E-state index is -0.797. The quantitative estimate of drug-likeness (QED) is 0.599. The number of hydrogen-bond donors (Lipinski definition) is 1. The van der Waals surface area contributed by atoms with Gasteiger partial charge in [-0.2, -0.15) is 0 Å². The average Bonchev–Trinajstić information content (AvgIpc) is 2.79. The van der Waals surface area contributed by atoms with E-state index >= 15 is 0 Å². The van der Waals surface area contributed by atoms with Crippen LogP contribution < -0.4 is 26.0 Å². The number of benzene rings is 2. The van der Waals surface area contributed by atoms with Crippen LogP contribution in [0, 0.1) is 0 Å². The van der Waals surface area contributed by atoms with Gasteiger partial charge in [-0.3, -0.25) is 18.7 Å². The number of aromatic nitrogens is 2. The molecule has 1 amide bonds. The van der Waals surface area contributed by atoms with E-state index in [2.05, 4.69) is 5.32 Å². The first-order valence-corrected chi connectivity index (χ1v) is 10.2. The molecule has 3 aromatic rings. The molecule has 0 aliphatic heterocycles. The Morgan fingerprint density at radius 1 is 1.03 bits per heavy atom. The summed E-state index contributed by atoms with van der Waals surface area (Å²) in [5, 5.41) is 3.26. The molecule has 0 spiro atoms. The van der Waals surface area contributed by atoms with E-state index in [0.29, 0.717) is 40.9 Å². The maximum absolute atomic E-state index is 13.2. The SMILES string of the molecule is CCCn1c(=O)c2ccccc2n([C@@H](CC)C(=O)Nc2ccc(OC)c(OC)c2)c1=O. The summed E-state index contributed by atoms with van der Waals surface area (Å²) < 4.78 is 13.1. The Morgan fingerprint density at radius 2 is 1.74 bits per heavy atom. The van der Waals surface area contributed by atoms with Crippen molar-refractivity contribution in [2.45, 2.75) is 39.3 Å². The van der Waals surface area contributed by atoms with Crippen LogP contribution in [0.4, 0.5) is 5.69 Å². The van der Waals surface area contributed by atoms with E-state index in [4.69, 9.17) is 9.47 Å². The predicted molar refractivity (Wildman–Crippen MR) is 120 cm³/mol. The first-order chi connectivity index (χ1) is 15.0. The highest BCUT2D eigenvalue weighted by molar-refractivity contribution is 5.95. The number of para-hydroxylation sites is 1. The summed E-state index contributed by atoms with van der Waals surface area (Å²) >= 11 is 0. The lowest BCUT2D eigenvalue weighted by molar-refractivity contribution is -0.119. The molecular weight excluding hydrogens is 398 g/mol. The molecule has 1 aromatic heterocycles. The van der Waals surface area contributed by atoms with Crippen molar-refractivity contribution < 1.29 is 14.3 Å². The normalized spacial score (nSPS) is 11.9. The number of amides is 1. The Hall–Kier alpha value is -3.55. The molecular formula is C23H27N3O5. The summed E-state index contributed by atoms with van der Waals surface area (Å²) in [6.45, 7) is 4.01. The van der Waals surface area contributed by atoms with Crippen molar-refractivity contribution in [1.82, 2.24) is 9.13 Å². The lowest BCUT2D eigenvalue weighted by Crippen LogP contribution is -2.43. The molecule has 164 valence electrons. The van der Waals surface area contributed by atoms with Gasteiger partial charge in [0.05, 0.1) is 25.1 Å². The van der Waals surface area contributed by atoms with E-state index in [0.717, 1.165) is 0 Å². The van der Waals surface area contributed by atoms with Gasteiger partial charge >= 0.3 is 5.69 Å². The molecule has 1 atom stereocenters. The predicted octanol–water partition coefficient (Wildman–Crippen LogP) is 3.18. The minimum absolute atomic E-state index is 0.288. The number of fused-ring (bicyclic) bond motifs is 1. The molecule has 1 heterocycles. The summed E-state index contributed by atoms with van der Waals surface area (Å²) in [4.78, 5) is 39.3. The minimum Gasteiger partial charge on any atom is -0.493 e. The van der Waals surface area contributed by atoms with Crippen LogP contribution in [-0.2, 0) is 11.3 Å². The van der Waals surface area contributed by atoms with Gasteiger partial charge in [-0.05, 0) is 37.1 Å². The van der Waals surface area contributed by atoms with Crippen LogP contribution in [-0.4, -0.2) is 29.3 Å². The monoisotopic (exact) mass is 425 g/mol. The summed E-state index contributed by atoms with van der Waals surface area (Å²) in [5.41, 5.74) is 0.133. The van der Waals surface area contributed by atoms with E-state index < -0.39 is 11.7 Å². The van der Waals surface area contributed by atoms with E-state index in [1.54, 1.807) is 42.5 Å². The van der Waals surface area contributed by atoms with Gasteiger partial charge in [0.2, 0.25) is 5.91 Å². The third-order valence-electron chi connectivity index (χ3n) is 5.18. The first-order valence-electron chi connectivity index (χ1n) is 10.2. The molecule has 0 fully saturated rings. The Morgan fingerprint density at radius 3 is 2.39 bits per heavy atom. The van der Waals surface area contributed by atoms with Gasteiger partial charge in [-0.1, -0.05) is 26.0 Å². The molecule has 0 bridgehead atoms.